The van der Waals surface area contributed by atoms with Gasteiger partial charge >= 0.3 is 0 Å². The Balaban J connectivity index is 2.39. The summed E-state index contributed by atoms with van der Waals surface area (Å²) in [7, 11) is 0. The molecular weight excluding hydrogens is 419 g/mol. The zero-order valence-corrected chi connectivity index (χ0v) is 19.2. The fourth-order valence-corrected chi connectivity index (χ4v) is 3.79. The van der Waals surface area contributed by atoms with Gasteiger partial charge in [0.25, 0.3) is 0 Å². The highest BCUT2D eigenvalue weighted by molar-refractivity contribution is 6.36. The lowest BCUT2D eigenvalue weighted by molar-refractivity contribution is -0.141. The van der Waals surface area contributed by atoms with Gasteiger partial charge in [0.15, 0.2) is 0 Å². The minimum atomic E-state index is -0.643. The molecule has 0 saturated carbocycles. The standard InChI is InChI=1S/C24H30Cl2N2O2/c1-3-5-15-27-24(30)22(16-18-11-7-6-8-12-18)28(23(29)10-4-2)17-19-20(25)13-9-14-21(19)26/h6-9,11-14,22H,3-5,10,15-17H2,1-2H3,(H,27,30)/t22-/m1/s1. The maximum Gasteiger partial charge on any atom is 0.243 e. The van der Waals surface area contributed by atoms with Crippen LogP contribution in [0.15, 0.2) is 48.5 Å². The van der Waals surface area contributed by atoms with Crippen LogP contribution in [0.25, 0.3) is 0 Å². The first-order valence-corrected chi connectivity index (χ1v) is 11.3. The van der Waals surface area contributed by atoms with Crippen molar-refractivity contribution in [2.24, 2.45) is 0 Å². The number of nitrogens with zero attached hydrogens (tertiary/aromatic N) is 1. The van der Waals surface area contributed by atoms with Gasteiger partial charge in [0, 0.05) is 41.5 Å². The van der Waals surface area contributed by atoms with E-state index in [1.165, 1.54) is 0 Å². The van der Waals surface area contributed by atoms with Gasteiger partial charge in [0.05, 0.1) is 0 Å². The molecule has 0 aliphatic heterocycles. The van der Waals surface area contributed by atoms with Crippen molar-refractivity contribution in [3.8, 4) is 0 Å². The number of carbonyl (C=O) groups excluding carboxylic acids is 2. The Hall–Kier alpha value is -2.04. The SMILES string of the molecule is CCCCNC(=O)[C@@H](Cc1ccccc1)N(Cc1c(Cl)cccc1Cl)C(=O)CCC. The van der Waals surface area contributed by atoms with Crippen LogP contribution in [-0.4, -0.2) is 29.3 Å². The van der Waals surface area contributed by atoms with Crippen LogP contribution in [0.1, 0.15) is 50.7 Å². The lowest BCUT2D eigenvalue weighted by Gasteiger charge is -2.32. The molecule has 2 aromatic carbocycles. The molecule has 0 aromatic heterocycles. The summed E-state index contributed by atoms with van der Waals surface area (Å²) in [6, 6.07) is 14.4. The Morgan fingerprint density at radius 2 is 1.63 bits per heavy atom. The fourth-order valence-electron chi connectivity index (χ4n) is 3.27. The van der Waals surface area contributed by atoms with Crippen LogP contribution in [0.3, 0.4) is 0 Å². The van der Waals surface area contributed by atoms with E-state index in [-0.39, 0.29) is 18.4 Å². The molecule has 0 saturated heterocycles. The molecule has 4 nitrogen and oxygen atoms in total. The van der Waals surface area contributed by atoms with Crippen molar-refractivity contribution >= 4 is 35.0 Å². The molecule has 2 amide bonds. The maximum atomic E-state index is 13.2. The van der Waals surface area contributed by atoms with Crippen molar-refractivity contribution in [2.45, 2.75) is 58.5 Å². The van der Waals surface area contributed by atoms with Crippen LogP contribution in [0.4, 0.5) is 0 Å². The molecular formula is C24H30Cl2N2O2. The molecule has 162 valence electrons. The number of nitrogens with one attached hydrogen (secondary N) is 1. The second-order valence-corrected chi connectivity index (χ2v) is 8.14. The van der Waals surface area contributed by atoms with Crippen LogP contribution in [0.2, 0.25) is 10.0 Å². The average molecular weight is 449 g/mol. The Bertz CT molecular complexity index is 807. The molecule has 0 aliphatic rings. The summed E-state index contributed by atoms with van der Waals surface area (Å²) in [5.74, 6) is -0.236. The van der Waals surface area contributed by atoms with Gasteiger partial charge in [0.1, 0.15) is 6.04 Å². The molecule has 2 rings (SSSR count). The van der Waals surface area contributed by atoms with E-state index < -0.39 is 6.04 Å². The summed E-state index contributed by atoms with van der Waals surface area (Å²) in [4.78, 5) is 27.9. The second-order valence-electron chi connectivity index (χ2n) is 7.32. The lowest BCUT2D eigenvalue weighted by atomic mass is 10.0. The first-order chi connectivity index (χ1) is 14.5. The smallest absolute Gasteiger partial charge is 0.243 e. The van der Waals surface area contributed by atoms with Gasteiger partial charge in [-0.05, 0) is 30.5 Å². The quantitative estimate of drug-likeness (QED) is 0.451. The molecule has 1 N–H and O–H groups in total. The third-order valence-corrected chi connectivity index (χ3v) is 5.66. The Kier molecular flexibility index (Phi) is 10.2. The number of unbranched alkanes of at least 4 members (excludes halogenated alkanes) is 1. The summed E-state index contributed by atoms with van der Waals surface area (Å²) in [5, 5.41) is 3.97. The van der Waals surface area contributed by atoms with E-state index in [9.17, 15) is 9.59 Å². The van der Waals surface area contributed by atoms with Crippen molar-refractivity contribution in [2.75, 3.05) is 6.54 Å². The second kappa shape index (κ2) is 12.6. The van der Waals surface area contributed by atoms with E-state index in [0.29, 0.717) is 41.4 Å². The van der Waals surface area contributed by atoms with Crippen LogP contribution in [0, 0.1) is 0 Å². The Labute approximate surface area is 189 Å². The highest BCUT2D eigenvalue weighted by Crippen LogP contribution is 2.27. The summed E-state index contributed by atoms with van der Waals surface area (Å²) in [6.07, 6.45) is 3.35. The average Bonchev–Trinajstić information content (AvgIpc) is 2.73. The van der Waals surface area contributed by atoms with E-state index in [4.69, 9.17) is 23.2 Å². The maximum absolute atomic E-state index is 13.2. The Morgan fingerprint density at radius 1 is 0.967 bits per heavy atom. The van der Waals surface area contributed by atoms with Crippen LogP contribution < -0.4 is 5.32 Å². The summed E-state index contributed by atoms with van der Waals surface area (Å²) in [5.41, 5.74) is 1.65. The minimum Gasteiger partial charge on any atom is -0.354 e. The zero-order chi connectivity index (χ0) is 21.9. The largest absolute Gasteiger partial charge is 0.354 e. The van der Waals surface area contributed by atoms with E-state index in [1.807, 2.05) is 37.3 Å². The van der Waals surface area contributed by atoms with Gasteiger partial charge < -0.3 is 10.2 Å². The summed E-state index contributed by atoms with van der Waals surface area (Å²) >= 11 is 12.8. The molecule has 0 radical (unpaired) electrons. The van der Waals surface area contributed by atoms with Crippen molar-refractivity contribution in [3.05, 3.63) is 69.7 Å². The van der Waals surface area contributed by atoms with Crippen molar-refractivity contribution < 1.29 is 9.59 Å². The fraction of sp³-hybridized carbons (Fsp3) is 0.417. The molecule has 1 atom stereocenters. The molecule has 0 heterocycles. The molecule has 0 fully saturated rings. The van der Waals surface area contributed by atoms with Gasteiger partial charge in [-0.1, -0.05) is 79.9 Å². The third kappa shape index (κ3) is 7.03. The molecule has 2 aromatic rings. The van der Waals surface area contributed by atoms with E-state index in [1.54, 1.807) is 23.1 Å². The summed E-state index contributed by atoms with van der Waals surface area (Å²) < 4.78 is 0. The molecule has 0 unspecified atom stereocenters. The van der Waals surface area contributed by atoms with Gasteiger partial charge in [0.2, 0.25) is 11.8 Å². The van der Waals surface area contributed by atoms with E-state index in [0.717, 1.165) is 18.4 Å². The van der Waals surface area contributed by atoms with Crippen LogP contribution >= 0.6 is 23.2 Å². The highest BCUT2D eigenvalue weighted by Gasteiger charge is 2.30. The first kappa shape index (κ1) is 24.2. The number of amides is 2. The van der Waals surface area contributed by atoms with Gasteiger partial charge in [-0.15, -0.1) is 0 Å². The molecule has 30 heavy (non-hydrogen) atoms. The molecule has 0 bridgehead atoms. The van der Waals surface area contributed by atoms with Crippen LogP contribution in [-0.2, 0) is 22.6 Å². The van der Waals surface area contributed by atoms with Gasteiger partial charge in [-0.25, -0.2) is 0 Å². The van der Waals surface area contributed by atoms with Crippen molar-refractivity contribution in [3.63, 3.8) is 0 Å². The monoisotopic (exact) mass is 448 g/mol. The number of hydrogen-bond acceptors (Lipinski definition) is 2. The topological polar surface area (TPSA) is 49.4 Å². The van der Waals surface area contributed by atoms with E-state index >= 15 is 0 Å². The minimum absolute atomic E-state index is 0.0833. The third-order valence-electron chi connectivity index (χ3n) is 4.95. The number of benzene rings is 2. The van der Waals surface area contributed by atoms with Gasteiger partial charge in [-0.3, -0.25) is 9.59 Å². The molecule has 0 aliphatic carbocycles. The summed E-state index contributed by atoms with van der Waals surface area (Å²) in [6.45, 7) is 4.80. The van der Waals surface area contributed by atoms with E-state index in [2.05, 4.69) is 12.2 Å². The predicted octanol–water partition coefficient (Wildman–Crippen LogP) is 5.65. The number of hydrogen-bond donors (Lipinski definition) is 1. The van der Waals surface area contributed by atoms with Crippen LogP contribution in [0.5, 0.6) is 0 Å². The molecule has 0 spiro atoms. The van der Waals surface area contributed by atoms with Crippen molar-refractivity contribution in [1.29, 1.82) is 0 Å². The zero-order valence-electron chi connectivity index (χ0n) is 17.7. The normalized spacial score (nSPS) is 11.7. The number of carbonyl (C=O) groups is 2. The predicted molar refractivity (Wildman–Crippen MR) is 124 cm³/mol. The Morgan fingerprint density at radius 3 is 2.23 bits per heavy atom. The number of halogens is 2. The number of rotatable bonds is 11. The van der Waals surface area contributed by atoms with Gasteiger partial charge in [-0.2, -0.15) is 0 Å². The first-order valence-electron chi connectivity index (χ1n) is 10.5. The lowest BCUT2D eigenvalue weighted by Crippen LogP contribution is -2.50. The highest BCUT2D eigenvalue weighted by atomic mass is 35.5. The van der Waals surface area contributed by atoms with Crippen molar-refractivity contribution in [1.82, 2.24) is 10.2 Å². The molecule has 6 heteroatoms.